The second kappa shape index (κ2) is 4.62. The third-order valence-electron chi connectivity index (χ3n) is 3.51. The number of hydrogen-bond donors (Lipinski definition) is 1. The lowest BCUT2D eigenvalue weighted by molar-refractivity contribution is -0.115. The number of benzene rings is 2. The van der Waals surface area contributed by atoms with E-state index in [1.807, 2.05) is 6.07 Å². The number of Topliss-reactive ketones (excluding diaryl/α,β-unsaturated/α-hetero) is 1. The van der Waals surface area contributed by atoms with Crippen LogP contribution in [-0.4, -0.2) is 11.5 Å². The molecule has 0 aromatic heterocycles. The molecule has 18 heavy (non-hydrogen) atoms. The highest BCUT2D eigenvalue weighted by Crippen LogP contribution is 2.38. The van der Waals surface area contributed by atoms with Gasteiger partial charge in [-0.05, 0) is 34.2 Å². The Balaban J connectivity index is 2.06. The fourth-order valence-corrected chi connectivity index (χ4v) is 2.77. The molecule has 3 rings (SSSR count). The molecule has 0 saturated carbocycles. The van der Waals surface area contributed by atoms with Crippen LogP contribution in [0.1, 0.15) is 16.7 Å². The van der Waals surface area contributed by atoms with Crippen LogP contribution in [-0.2, 0) is 17.6 Å². The van der Waals surface area contributed by atoms with Gasteiger partial charge in [0.25, 0.3) is 0 Å². The summed E-state index contributed by atoms with van der Waals surface area (Å²) < 4.78 is 0. The van der Waals surface area contributed by atoms with E-state index in [4.69, 9.17) is 0 Å². The van der Waals surface area contributed by atoms with Crippen molar-refractivity contribution in [1.29, 1.82) is 0 Å². The zero-order valence-corrected chi connectivity index (χ0v) is 10.9. The maximum Gasteiger partial charge on any atom is 0.146 e. The average Bonchev–Trinajstić information content (AvgIpc) is 2.78. The van der Waals surface area contributed by atoms with Gasteiger partial charge in [0.2, 0.25) is 0 Å². The van der Waals surface area contributed by atoms with Crippen LogP contribution in [0.5, 0.6) is 0 Å². The lowest BCUT2D eigenvalue weighted by atomic mass is 9.98. The van der Waals surface area contributed by atoms with E-state index >= 15 is 0 Å². The standard InChI is InChI=1S/C16H14OS/c17-13(10-18)8-11-5-3-7-15-14-6-2-1-4-12(14)9-16(11)15/h1-7,18H,8-10H2. The van der Waals surface area contributed by atoms with E-state index in [1.54, 1.807) is 0 Å². The Morgan fingerprint density at radius 1 is 1.06 bits per heavy atom. The Bertz CT molecular complexity index is 616. The van der Waals surface area contributed by atoms with Gasteiger partial charge < -0.3 is 0 Å². The van der Waals surface area contributed by atoms with E-state index in [9.17, 15) is 4.79 Å². The van der Waals surface area contributed by atoms with Crippen molar-refractivity contribution >= 4 is 18.4 Å². The minimum Gasteiger partial charge on any atom is -0.298 e. The molecular weight excluding hydrogens is 240 g/mol. The fraction of sp³-hybridized carbons (Fsp3) is 0.188. The minimum atomic E-state index is 0.183. The van der Waals surface area contributed by atoms with Crippen molar-refractivity contribution in [3.8, 4) is 11.1 Å². The molecule has 0 radical (unpaired) electrons. The second-order valence-electron chi connectivity index (χ2n) is 4.65. The van der Waals surface area contributed by atoms with E-state index < -0.39 is 0 Å². The SMILES string of the molecule is O=C(CS)Cc1cccc2c1Cc1ccccc1-2. The largest absolute Gasteiger partial charge is 0.298 e. The zero-order valence-electron chi connectivity index (χ0n) is 10.0. The second-order valence-corrected chi connectivity index (χ2v) is 4.97. The highest BCUT2D eigenvalue weighted by Gasteiger charge is 2.20. The smallest absolute Gasteiger partial charge is 0.146 e. The van der Waals surface area contributed by atoms with Crippen LogP contribution in [0.25, 0.3) is 11.1 Å². The maximum atomic E-state index is 11.6. The molecule has 90 valence electrons. The van der Waals surface area contributed by atoms with Crippen LogP contribution in [0, 0.1) is 0 Å². The van der Waals surface area contributed by atoms with Crippen LogP contribution in [0.3, 0.4) is 0 Å². The van der Waals surface area contributed by atoms with Gasteiger partial charge in [-0.1, -0.05) is 42.5 Å². The molecule has 0 fully saturated rings. The number of hydrogen-bond acceptors (Lipinski definition) is 2. The van der Waals surface area contributed by atoms with Gasteiger partial charge in [-0.3, -0.25) is 4.79 Å². The predicted molar refractivity (Wildman–Crippen MR) is 77.2 cm³/mol. The average molecular weight is 254 g/mol. The Morgan fingerprint density at radius 3 is 2.67 bits per heavy atom. The lowest BCUT2D eigenvalue weighted by Crippen LogP contribution is -2.06. The first-order chi connectivity index (χ1) is 8.79. The first-order valence-corrected chi connectivity index (χ1v) is 6.74. The van der Waals surface area contributed by atoms with Crippen LogP contribution in [0.2, 0.25) is 0 Å². The molecule has 2 aromatic rings. The Labute approximate surface area is 112 Å². The van der Waals surface area contributed by atoms with Gasteiger partial charge in [-0.25, -0.2) is 0 Å². The van der Waals surface area contributed by atoms with E-state index in [0.717, 1.165) is 12.0 Å². The predicted octanol–water partition coefficient (Wildman–Crippen LogP) is 3.30. The summed E-state index contributed by atoms with van der Waals surface area (Å²) in [7, 11) is 0. The Hall–Kier alpha value is -1.54. The third-order valence-corrected chi connectivity index (χ3v) is 3.86. The monoisotopic (exact) mass is 254 g/mol. The molecule has 1 nitrogen and oxygen atoms in total. The molecule has 0 N–H and O–H groups in total. The summed E-state index contributed by atoms with van der Waals surface area (Å²) in [6.45, 7) is 0. The first kappa shape index (κ1) is 11.5. The molecule has 0 saturated heterocycles. The Kier molecular flexibility index (Phi) is 2.96. The molecule has 0 atom stereocenters. The molecule has 0 spiro atoms. The van der Waals surface area contributed by atoms with Gasteiger partial charge in [0.15, 0.2) is 0 Å². The molecule has 2 heteroatoms. The van der Waals surface area contributed by atoms with Gasteiger partial charge >= 0.3 is 0 Å². The lowest BCUT2D eigenvalue weighted by Gasteiger charge is -2.07. The normalized spacial score (nSPS) is 12.1. The summed E-state index contributed by atoms with van der Waals surface area (Å²) in [4.78, 5) is 11.6. The van der Waals surface area contributed by atoms with Crippen molar-refractivity contribution in [3.63, 3.8) is 0 Å². The Morgan fingerprint density at radius 2 is 1.83 bits per heavy atom. The number of thiol groups is 1. The van der Waals surface area contributed by atoms with Crippen LogP contribution >= 0.6 is 12.6 Å². The van der Waals surface area contributed by atoms with Crippen LogP contribution in [0.15, 0.2) is 42.5 Å². The molecule has 0 heterocycles. The quantitative estimate of drug-likeness (QED) is 0.710. The fourth-order valence-electron chi connectivity index (χ4n) is 2.66. The molecule has 0 unspecified atom stereocenters. The first-order valence-electron chi connectivity index (χ1n) is 6.11. The van der Waals surface area contributed by atoms with Gasteiger partial charge in [0.1, 0.15) is 5.78 Å². The summed E-state index contributed by atoms with van der Waals surface area (Å²) in [5, 5.41) is 0. The summed E-state index contributed by atoms with van der Waals surface area (Å²) in [6, 6.07) is 14.7. The molecule has 0 amide bonds. The van der Waals surface area contributed by atoms with Gasteiger partial charge in [0, 0.05) is 12.2 Å². The van der Waals surface area contributed by atoms with Gasteiger partial charge in [0.05, 0.1) is 0 Å². The van der Waals surface area contributed by atoms with E-state index in [1.165, 1.54) is 22.3 Å². The summed E-state index contributed by atoms with van der Waals surface area (Å²) in [5.41, 5.74) is 6.43. The van der Waals surface area contributed by atoms with Gasteiger partial charge in [-0.2, -0.15) is 12.6 Å². The number of rotatable bonds is 3. The minimum absolute atomic E-state index is 0.183. The molecule has 1 aliphatic carbocycles. The maximum absolute atomic E-state index is 11.6. The van der Waals surface area contributed by atoms with Crippen LogP contribution < -0.4 is 0 Å². The molecule has 0 bridgehead atoms. The highest BCUT2D eigenvalue weighted by molar-refractivity contribution is 7.81. The number of carbonyl (C=O) groups is 1. The summed E-state index contributed by atoms with van der Waals surface area (Å²) in [6.07, 6.45) is 1.45. The molecule has 2 aromatic carbocycles. The summed E-state index contributed by atoms with van der Waals surface area (Å²) in [5.74, 6) is 0.499. The van der Waals surface area contributed by atoms with Crippen molar-refractivity contribution in [2.24, 2.45) is 0 Å². The number of fused-ring (bicyclic) bond motifs is 3. The van der Waals surface area contributed by atoms with E-state index in [-0.39, 0.29) is 5.78 Å². The van der Waals surface area contributed by atoms with Crippen molar-refractivity contribution in [2.45, 2.75) is 12.8 Å². The molecular formula is C16H14OS. The van der Waals surface area contributed by atoms with E-state index in [0.29, 0.717) is 12.2 Å². The van der Waals surface area contributed by atoms with Crippen molar-refractivity contribution in [3.05, 3.63) is 59.2 Å². The highest BCUT2D eigenvalue weighted by atomic mass is 32.1. The summed E-state index contributed by atoms with van der Waals surface area (Å²) >= 11 is 4.05. The number of ketones is 1. The van der Waals surface area contributed by atoms with Crippen molar-refractivity contribution in [2.75, 3.05) is 5.75 Å². The molecule has 0 aliphatic heterocycles. The zero-order chi connectivity index (χ0) is 12.5. The van der Waals surface area contributed by atoms with Gasteiger partial charge in [-0.15, -0.1) is 0 Å². The molecule has 1 aliphatic rings. The number of carbonyl (C=O) groups excluding carboxylic acids is 1. The van der Waals surface area contributed by atoms with Crippen LogP contribution in [0.4, 0.5) is 0 Å². The third kappa shape index (κ3) is 1.87. The van der Waals surface area contributed by atoms with Crippen molar-refractivity contribution in [1.82, 2.24) is 0 Å². The topological polar surface area (TPSA) is 17.1 Å². The van der Waals surface area contributed by atoms with E-state index in [2.05, 4.69) is 49.0 Å². The van der Waals surface area contributed by atoms with Crippen molar-refractivity contribution < 1.29 is 4.79 Å².